The van der Waals surface area contributed by atoms with Gasteiger partial charge in [-0.2, -0.15) is 0 Å². The summed E-state index contributed by atoms with van der Waals surface area (Å²) in [4.78, 5) is 9.58. The molecule has 2 aromatic carbocycles. The summed E-state index contributed by atoms with van der Waals surface area (Å²) in [5.41, 5.74) is 6.61. The van der Waals surface area contributed by atoms with E-state index < -0.39 is 0 Å². The molecule has 0 fully saturated rings. The van der Waals surface area contributed by atoms with E-state index in [-0.39, 0.29) is 0 Å². The SMILES string of the molecule is CCC(=Nc1ccc(C)cc1)C(CC)=Nc1ccc(C)cc1. The largest absolute Gasteiger partial charge is 0.252 e. The Morgan fingerprint density at radius 3 is 1.23 bits per heavy atom. The molecule has 0 spiro atoms. The summed E-state index contributed by atoms with van der Waals surface area (Å²) in [6.45, 7) is 8.44. The summed E-state index contributed by atoms with van der Waals surface area (Å²) >= 11 is 0. The van der Waals surface area contributed by atoms with Gasteiger partial charge in [-0.1, -0.05) is 49.2 Å². The second kappa shape index (κ2) is 7.69. The van der Waals surface area contributed by atoms with Gasteiger partial charge >= 0.3 is 0 Å². The zero-order valence-corrected chi connectivity index (χ0v) is 13.9. The van der Waals surface area contributed by atoms with E-state index in [1.807, 2.05) is 0 Å². The van der Waals surface area contributed by atoms with Crippen LogP contribution in [0.1, 0.15) is 37.8 Å². The van der Waals surface area contributed by atoms with Gasteiger partial charge < -0.3 is 0 Å². The van der Waals surface area contributed by atoms with Crippen LogP contribution in [0.2, 0.25) is 0 Å². The Morgan fingerprint density at radius 1 is 0.636 bits per heavy atom. The molecule has 2 rings (SSSR count). The molecule has 0 unspecified atom stereocenters. The first-order chi connectivity index (χ1) is 10.6. The molecule has 0 saturated heterocycles. The van der Waals surface area contributed by atoms with Gasteiger partial charge in [0.15, 0.2) is 0 Å². The maximum Gasteiger partial charge on any atom is 0.0633 e. The van der Waals surface area contributed by atoms with Crippen LogP contribution in [0.25, 0.3) is 0 Å². The minimum absolute atomic E-state index is 0.881. The van der Waals surface area contributed by atoms with Gasteiger partial charge in [-0.25, -0.2) is 0 Å². The van der Waals surface area contributed by atoms with E-state index in [0.29, 0.717) is 0 Å². The zero-order valence-electron chi connectivity index (χ0n) is 13.9. The summed E-state index contributed by atoms with van der Waals surface area (Å²) in [5.74, 6) is 0. The number of aryl methyl sites for hydroxylation is 2. The lowest BCUT2D eigenvalue weighted by Gasteiger charge is -2.07. The third kappa shape index (κ3) is 4.39. The number of nitrogens with zero attached hydrogens (tertiary/aromatic N) is 2. The van der Waals surface area contributed by atoms with Crippen molar-refractivity contribution in [2.45, 2.75) is 40.5 Å². The van der Waals surface area contributed by atoms with Crippen LogP contribution < -0.4 is 0 Å². The van der Waals surface area contributed by atoms with Crippen molar-refractivity contribution < 1.29 is 0 Å². The molecule has 0 amide bonds. The molecule has 0 heterocycles. The lowest BCUT2D eigenvalue weighted by molar-refractivity contribution is 1.23. The van der Waals surface area contributed by atoms with Crippen LogP contribution in [0.3, 0.4) is 0 Å². The Labute approximate surface area is 133 Å². The van der Waals surface area contributed by atoms with Gasteiger partial charge in [-0.3, -0.25) is 9.98 Å². The molecular weight excluding hydrogens is 268 g/mol. The van der Waals surface area contributed by atoms with E-state index in [0.717, 1.165) is 35.6 Å². The van der Waals surface area contributed by atoms with Crippen LogP contribution >= 0.6 is 0 Å². The van der Waals surface area contributed by atoms with Crippen molar-refractivity contribution in [3.05, 3.63) is 59.7 Å². The first kappa shape index (κ1) is 16.2. The van der Waals surface area contributed by atoms with Crippen molar-refractivity contribution in [3.63, 3.8) is 0 Å². The van der Waals surface area contributed by atoms with Gasteiger partial charge in [0, 0.05) is 0 Å². The maximum atomic E-state index is 4.79. The Morgan fingerprint density at radius 2 is 0.955 bits per heavy atom. The quantitative estimate of drug-likeness (QED) is 0.607. The van der Waals surface area contributed by atoms with E-state index in [4.69, 9.17) is 9.98 Å². The average Bonchev–Trinajstić information content (AvgIpc) is 2.54. The van der Waals surface area contributed by atoms with Crippen molar-refractivity contribution in [1.82, 2.24) is 0 Å². The topological polar surface area (TPSA) is 24.7 Å². The van der Waals surface area contributed by atoms with Crippen molar-refractivity contribution in [2.75, 3.05) is 0 Å². The Balaban J connectivity index is 2.33. The highest BCUT2D eigenvalue weighted by Gasteiger charge is 2.06. The van der Waals surface area contributed by atoms with Gasteiger partial charge in [-0.15, -0.1) is 0 Å². The standard InChI is InChI=1S/C20H24N2/c1-5-19(21-17-11-7-15(3)8-12-17)20(6-2)22-18-13-9-16(4)10-14-18/h7-14H,5-6H2,1-4H3. The minimum atomic E-state index is 0.881. The minimum Gasteiger partial charge on any atom is -0.252 e. The van der Waals surface area contributed by atoms with Crippen LogP contribution in [-0.4, -0.2) is 11.4 Å². The summed E-state index contributed by atoms with van der Waals surface area (Å²) in [6.07, 6.45) is 1.76. The third-order valence-electron chi connectivity index (χ3n) is 3.60. The first-order valence-corrected chi connectivity index (χ1v) is 7.91. The van der Waals surface area contributed by atoms with E-state index in [1.165, 1.54) is 11.1 Å². The fourth-order valence-corrected chi connectivity index (χ4v) is 2.25. The molecule has 0 aliphatic heterocycles. The molecule has 0 aromatic heterocycles. The van der Waals surface area contributed by atoms with Crippen LogP contribution in [0.4, 0.5) is 11.4 Å². The predicted molar refractivity (Wildman–Crippen MR) is 97.1 cm³/mol. The molecule has 0 bridgehead atoms. The van der Waals surface area contributed by atoms with E-state index in [2.05, 4.69) is 76.2 Å². The average molecular weight is 292 g/mol. The number of hydrogen-bond donors (Lipinski definition) is 0. The van der Waals surface area contributed by atoms with E-state index in [1.54, 1.807) is 0 Å². The second-order valence-electron chi connectivity index (χ2n) is 5.50. The van der Waals surface area contributed by atoms with Crippen molar-refractivity contribution >= 4 is 22.8 Å². The molecule has 0 radical (unpaired) electrons. The molecule has 0 atom stereocenters. The summed E-state index contributed by atoms with van der Waals surface area (Å²) in [5, 5.41) is 0. The molecule has 0 aliphatic rings. The van der Waals surface area contributed by atoms with Crippen molar-refractivity contribution in [3.8, 4) is 0 Å². The Bertz CT molecular complexity index is 600. The molecule has 0 N–H and O–H groups in total. The van der Waals surface area contributed by atoms with Crippen molar-refractivity contribution in [1.29, 1.82) is 0 Å². The van der Waals surface area contributed by atoms with Gasteiger partial charge in [0.25, 0.3) is 0 Å². The fourth-order valence-electron chi connectivity index (χ4n) is 2.25. The summed E-state index contributed by atoms with van der Waals surface area (Å²) in [7, 11) is 0. The molecule has 22 heavy (non-hydrogen) atoms. The van der Waals surface area contributed by atoms with Gasteiger partial charge in [0.1, 0.15) is 0 Å². The lowest BCUT2D eigenvalue weighted by Crippen LogP contribution is -2.11. The zero-order chi connectivity index (χ0) is 15.9. The first-order valence-electron chi connectivity index (χ1n) is 7.91. The molecule has 0 aliphatic carbocycles. The molecule has 2 aromatic rings. The molecule has 114 valence electrons. The van der Waals surface area contributed by atoms with Crippen LogP contribution in [0.15, 0.2) is 58.5 Å². The van der Waals surface area contributed by atoms with Gasteiger partial charge in [-0.05, 0) is 51.0 Å². The number of rotatable bonds is 5. The summed E-state index contributed by atoms with van der Waals surface area (Å²) in [6, 6.07) is 16.6. The monoisotopic (exact) mass is 292 g/mol. The highest BCUT2D eigenvalue weighted by Crippen LogP contribution is 2.17. The number of aliphatic imine (C=N–C) groups is 2. The highest BCUT2D eigenvalue weighted by atomic mass is 14.8. The normalized spacial score (nSPS) is 12.5. The number of hydrogen-bond acceptors (Lipinski definition) is 2. The molecule has 2 nitrogen and oxygen atoms in total. The smallest absolute Gasteiger partial charge is 0.0633 e. The highest BCUT2D eigenvalue weighted by molar-refractivity contribution is 6.43. The van der Waals surface area contributed by atoms with Crippen LogP contribution in [0.5, 0.6) is 0 Å². The Kier molecular flexibility index (Phi) is 5.65. The van der Waals surface area contributed by atoms with Crippen LogP contribution in [0, 0.1) is 13.8 Å². The predicted octanol–water partition coefficient (Wildman–Crippen LogP) is 5.97. The molecule has 2 heteroatoms. The van der Waals surface area contributed by atoms with Gasteiger partial charge in [0.2, 0.25) is 0 Å². The number of benzene rings is 2. The van der Waals surface area contributed by atoms with Crippen LogP contribution in [-0.2, 0) is 0 Å². The Hall–Kier alpha value is -2.22. The van der Waals surface area contributed by atoms with E-state index in [9.17, 15) is 0 Å². The lowest BCUT2D eigenvalue weighted by atomic mass is 10.1. The van der Waals surface area contributed by atoms with Gasteiger partial charge in [0.05, 0.1) is 22.8 Å². The molecular formula is C20H24N2. The maximum absolute atomic E-state index is 4.79. The molecule has 0 saturated carbocycles. The van der Waals surface area contributed by atoms with Crippen molar-refractivity contribution in [2.24, 2.45) is 9.98 Å². The third-order valence-corrected chi connectivity index (χ3v) is 3.60. The second-order valence-corrected chi connectivity index (χ2v) is 5.50. The fraction of sp³-hybridized carbons (Fsp3) is 0.300. The van der Waals surface area contributed by atoms with E-state index >= 15 is 0 Å². The summed E-state index contributed by atoms with van der Waals surface area (Å²) < 4.78 is 0.